The number of carbonyl (C=O) groups excluding carboxylic acids is 1. The fraction of sp³-hybridized carbons (Fsp3) is 0.312. The molecule has 3 N–H and O–H groups in total. The van der Waals surface area contributed by atoms with Gasteiger partial charge < -0.3 is 30.5 Å². The summed E-state index contributed by atoms with van der Waals surface area (Å²) in [5.41, 5.74) is 5.14. The van der Waals surface area contributed by atoms with Crippen LogP contribution in [0.4, 0.5) is 23.0 Å². The molecule has 1 amide bonds. The van der Waals surface area contributed by atoms with Crippen molar-refractivity contribution in [3.63, 3.8) is 0 Å². The first-order chi connectivity index (χ1) is 21.3. The first kappa shape index (κ1) is 29.6. The SMILES string of the molecule is C=CC(=O)Nc1cc(Nc2ncc(Cl)c(-n3cc(CN(C)C)c(-c4ccccc4)n3)n2)c(OC)cc1N1CCNC2(CC2)C1. The van der Waals surface area contributed by atoms with Gasteiger partial charge in [-0.3, -0.25) is 4.79 Å². The van der Waals surface area contributed by atoms with E-state index in [-0.39, 0.29) is 11.4 Å². The lowest BCUT2D eigenvalue weighted by atomic mass is 10.1. The molecule has 1 saturated carbocycles. The summed E-state index contributed by atoms with van der Waals surface area (Å²) in [4.78, 5) is 26.0. The molecule has 11 nitrogen and oxygen atoms in total. The minimum absolute atomic E-state index is 0.148. The topological polar surface area (TPSA) is 112 Å². The molecule has 1 aliphatic heterocycles. The van der Waals surface area contributed by atoms with Crippen molar-refractivity contribution in [3.05, 3.63) is 78.1 Å². The van der Waals surface area contributed by atoms with Crippen LogP contribution in [0.15, 0.2) is 67.5 Å². The van der Waals surface area contributed by atoms with Crippen LogP contribution in [0.5, 0.6) is 5.75 Å². The van der Waals surface area contributed by atoms with Crippen LogP contribution in [0, 0.1) is 0 Å². The highest BCUT2D eigenvalue weighted by Gasteiger charge is 2.46. The van der Waals surface area contributed by atoms with E-state index in [1.807, 2.05) is 62.8 Å². The molecule has 44 heavy (non-hydrogen) atoms. The Balaban J connectivity index is 1.35. The smallest absolute Gasteiger partial charge is 0.247 e. The molecule has 3 heterocycles. The van der Waals surface area contributed by atoms with Crippen LogP contribution >= 0.6 is 11.6 Å². The third kappa shape index (κ3) is 6.26. The predicted molar refractivity (Wildman–Crippen MR) is 174 cm³/mol. The second-order valence-electron chi connectivity index (χ2n) is 11.4. The lowest BCUT2D eigenvalue weighted by molar-refractivity contribution is -0.111. The van der Waals surface area contributed by atoms with E-state index in [0.717, 1.165) is 55.0 Å². The van der Waals surface area contributed by atoms with Crippen molar-refractivity contribution in [3.8, 4) is 22.8 Å². The Morgan fingerprint density at radius 3 is 2.73 bits per heavy atom. The average molecular weight is 614 g/mol. The van der Waals surface area contributed by atoms with Crippen LogP contribution < -0.4 is 25.6 Å². The summed E-state index contributed by atoms with van der Waals surface area (Å²) in [5.74, 6) is 1.00. The number of benzene rings is 2. The summed E-state index contributed by atoms with van der Waals surface area (Å²) in [6, 6.07) is 13.8. The monoisotopic (exact) mass is 613 g/mol. The van der Waals surface area contributed by atoms with Gasteiger partial charge in [0.15, 0.2) is 5.82 Å². The summed E-state index contributed by atoms with van der Waals surface area (Å²) in [7, 11) is 5.65. The molecule has 12 heteroatoms. The largest absolute Gasteiger partial charge is 0.494 e. The summed E-state index contributed by atoms with van der Waals surface area (Å²) in [6.45, 7) is 6.85. The second-order valence-corrected chi connectivity index (χ2v) is 11.8. The number of hydrogen-bond acceptors (Lipinski definition) is 9. The lowest BCUT2D eigenvalue weighted by Crippen LogP contribution is -2.52. The highest BCUT2D eigenvalue weighted by Crippen LogP contribution is 2.43. The third-order valence-electron chi connectivity index (χ3n) is 7.84. The van der Waals surface area contributed by atoms with E-state index in [0.29, 0.717) is 40.5 Å². The summed E-state index contributed by atoms with van der Waals surface area (Å²) >= 11 is 6.62. The predicted octanol–water partition coefficient (Wildman–Crippen LogP) is 4.86. The molecule has 0 radical (unpaired) electrons. The van der Waals surface area contributed by atoms with Crippen LogP contribution in [0.3, 0.4) is 0 Å². The first-order valence-electron chi connectivity index (χ1n) is 14.5. The van der Waals surface area contributed by atoms with E-state index in [2.05, 4.69) is 37.3 Å². The van der Waals surface area contributed by atoms with Crippen molar-refractivity contribution in [2.75, 3.05) is 56.4 Å². The number of methoxy groups -OCH3 is 1. The Morgan fingerprint density at radius 1 is 1.23 bits per heavy atom. The fourth-order valence-electron chi connectivity index (χ4n) is 5.54. The molecule has 2 fully saturated rings. The summed E-state index contributed by atoms with van der Waals surface area (Å²) < 4.78 is 7.49. The molecule has 2 aromatic carbocycles. The molecule has 0 bridgehead atoms. The zero-order valence-corrected chi connectivity index (χ0v) is 25.9. The molecule has 1 spiro atoms. The minimum Gasteiger partial charge on any atom is -0.494 e. The Kier molecular flexibility index (Phi) is 8.26. The van der Waals surface area contributed by atoms with Gasteiger partial charge in [-0.2, -0.15) is 10.1 Å². The molecule has 4 aromatic rings. The van der Waals surface area contributed by atoms with Gasteiger partial charge in [-0.15, -0.1) is 0 Å². The van der Waals surface area contributed by atoms with Crippen molar-refractivity contribution >= 4 is 40.5 Å². The van der Waals surface area contributed by atoms with Crippen molar-refractivity contribution in [1.82, 2.24) is 30.0 Å². The van der Waals surface area contributed by atoms with Crippen LogP contribution in [0.2, 0.25) is 5.02 Å². The summed E-state index contributed by atoms with van der Waals surface area (Å²) in [5, 5.41) is 15.1. The quantitative estimate of drug-likeness (QED) is 0.216. The van der Waals surface area contributed by atoms with E-state index in [9.17, 15) is 4.79 Å². The maximum atomic E-state index is 12.5. The van der Waals surface area contributed by atoms with Gasteiger partial charge in [0.25, 0.3) is 0 Å². The number of halogens is 1. The highest BCUT2D eigenvalue weighted by molar-refractivity contribution is 6.32. The second kappa shape index (κ2) is 12.3. The Bertz CT molecular complexity index is 1680. The van der Waals surface area contributed by atoms with Gasteiger partial charge in [0.1, 0.15) is 10.8 Å². The van der Waals surface area contributed by atoms with Crippen molar-refractivity contribution < 1.29 is 9.53 Å². The maximum Gasteiger partial charge on any atom is 0.247 e. The zero-order valence-electron chi connectivity index (χ0n) is 25.1. The number of rotatable bonds is 10. The molecule has 1 aliphatic carbocycles. The Labute approximate surface area is 261 Å². The summed E-state index contributed by atoms with van der Waals surface area (Å²) in [6.07, 6.45) is 7.03. The van der Waals surface area contributed by atoms with Crippen molar-refractivity contribution in [1.29, 1.82) is 0 Å². The first-order valence-corrected chi connectivity index (χ1v) is 14.9. The van der Waals surface area contributed by atoms with Crippen molar-refractivity contribution in [2.45, 2.75) is 24.9 Å². The third-order valence-corrected chi connectivity index (χ3v) is 8.11. The number of aromatic nitrogens is 4. The Hall–Kier alpha value is -4.45. The lowest BCUT2D eigenvalue weighted by Gasteiger charge is -2.37. The van der Waals surface area contributed by atoms with Gasteiger partial charge in [0, 0.05) is 55.1 Å². The fourth-order valence-corrected chi connectivity index (χ4v) is 5.72. The molecule has 228 valence electrons. The Morgan fingerprint density at radius 2 is 2.02 bits per heavy atom. The molecular weight excluding hydrogens is 578 g/mol. The molecule has 6 rings (SSSR count). The number of anilines is 4. The number of piperazine rings is 1. The van der Waals surface area contributed by atoms with E-state index >= 15 is 0 Å². The minimum atomic E-state index is -0.301. The van der Waals surface area contributed by atoms with E-state index in [1.54, 1.807) is 18.0 Å². The molecular formula is C32H36ClN9O2. The number of hydrogen-bond donors (Lipinski definition) is 3. The molecule has 1 saturated heterocycles. The van der Waals surface area contributed by atoms with Crippen LogP contribution in [-0.2, 0) is 11.3 Å². The van der Waals surface area contributed by atoms with Crippen molar-refractivity contribution in [2.24, 2.45) is 0 Å². The number of nitrogens with one attached hydrogen (secondary N) is 3. The van der Waals surface area contributed by atoms with E-state index < -0.39 is 0 Å². The van der Waals surface area contributed by atoms with Gasteiger partial charge in [0.05, 0.1) is 36.1 Å². The van der Waals surface area contributed by atoms with Crippen LogP contribution in [0.25, 0.3) is 17.1 Å². The zero-order chi connectivity index (χ0) is 30.8. The molecule has 0 atom stereocenters. The van der Waals surface area contributed by atoms with Gasteiger partial charge in [-0.05, 0) is 39.1 Å². The average Bonchev–Trinajstić information content (AvgIpc) is 3.63. The normalized spacial score (nSPS) is 15.3. The highest BCUT2D eigenvalue weighted by atomic mass is 35.5. The molecule has 0 unspecified atom stereocenters. The van der Waals surface area contributed by atoms with Gasteiger partial charge in [-0.25, -0.2) is 9.67 Å². The number of ether oxygens (including phenoxy) is 1. The van der Waals surface area contributed by atoms with Gasteiger partial charge in [0.2, 0.25) is 11.9 Å². The molecule has 2 aliphatic rings. The molecule has 2 aromatic heterocycles. The van der Waals surface area contributed by atoms with E-state index in [1.165, 1.54) is 6.08 Å². The van der Waals surface area contributed by atoms with E-state index in [4.69, 9.17) is 26.4 Å². The number of carbonyl (C=O) groups is 1. The van der Waals surface area contributed by atoms with Crippen LogP contribution in [0.1, 0.15) is 18.4 Å². The van der Waals surface area contributed by atoms with Gasteiger partial charge >= 0.3 is 0 Å². The standard InChI is InChI=1S/C32H36ClN9O2/c1-5-28(43)36-24-15-25(27(44-4)16-26(24)41-14-13-35-32(20-41)11-12-32)37-31-34-17-23(33)30(38-31)42-19-22(18-40(2)3)29(39-42)21-9-7-6-8-10-21/h5-10,15-17,19,35H,1,11-14,18,20H2,2-4H3,(H,36,43)(H,34,37,38). The van der Waals surface area contributed by atoms with Crippen LogP contribution in [-0.4, -0.2) is 76.9 Å². The van der Waals surface area contributed by atoms with Gasteiger partial charge in [-0.1, -0.05) is 48.5 Å². The maximum absolute atomic E-state index is 12.5. The number of amides is 1. The number of nitrogens with zero attached hydrogens (tertiary/aromatic N) is 6.